The van der Waals surface area contributed by atoms with Gasteiger partial charge in [-0.15, -0.1) is 11.8 Å². The van der Waals surface area contributed by atoms with E-state index >= 15 is 0 Å². The monoisotopic (exact) mass is 269 g/mol. The average molecular weight is 270 g/mol. The Hall–Kier alpha value is -0.360. The molecular formula is C7H6BrF2NOS. The van der Waals surface area contributed by atoms with Gasteiger partial charge in [0, 0.05) is 0 Å². The van der Waals surface area contributed by atoms with Crippen LogP contribution in [-0.2, 0) is 0 Å². The molecule has 0 saturated heterocycles. The molecule has 1 aromatic heterocycles. The minimum absolute atomic E-state index is 0.0489. The van der Waals surface area contributed by atoms with E-state index in [4.69, 9.17) is 0 Å². The number of hydrogen-bond donors (Lipinski definition) is 0. The van der Waals surface area contributed by atoms with Gasteiger partial charge in [-0.25, -0.2) is 4.98 Å². The quantitative estimate of drug-likeness (QED) is 0.622. The normalized spacial score (nSPS) is 10.5. The van der Waals surface area contributed by atoms with E-state index in [1.807, 2.05) is 6.26 Å². The molecule has 0 unspecified atom stereocenters. The fourth-order valence-corrected chi connectivity index (χ4v) is 1.62. The summed E-state index contributed by atoms with van der Waals surface area (Å²) in [6, 6.07) is 3.07. The lowest BCUT2D eigenvalue weighted by Crippen LogP contribution is -2.03. The van der Waals surface area contributed by atoms with Crippen LogP contribution >= 0.6 is 27.7 Å². The van der Waals surface area contributed by atoms with Crippen molar-refractivity contribution < 1.29 is 13.5 Å². The second kappa shape index (κ2) is 4.76. The predicted molar refractivity (Wildman–Crippen MR) is 50.4 cm³/mol. The Labute approximate surface area is 86.8 Å². The first-order valence-electron chi connectivity index (χ1n) is 3.29. The molecular weight excluding hydrogens is 264 g/mol. The number of thioether (sulfide) groups is 1. The van der Waals surface area contributed by atoms with Crippen molar-refractivity contribution in [2.75, 3.05) is 6.26 Å². The van der Waals surface area contributed by atoms with E-state index in [1.165, 1.54) is 17.8 Å². The van der Waals surface area contributed by atoms with Crippen molar-refractivity contribution in [1.29, 1.82) is 0 Å². The van der Waals surface area contributed by atoms with E-state index in [0.29, 0.717) is 4.60 Å². The van der Waals surface area contributed by atoms with Crippen LogP contribution in [0.2, 0.25) is 0 Å². The van der Waals surface area contributed by atoms with Gasteiger partial charge in [-0.1, -0.05) is 0 Å². The van der Waals surface area contributed by atoms with Crippen LogP contribution < -0.4 is 4.74 Å². The fraction of sp³-hybridized carbons (Fsp3) is 0.286. The summed E-state index contributed by atoms with van der Waals surface area (Å²) in [6.45, 7) is -2.82. The van der Waals surface area contributed by atoms with Gasteiger partial charge >= 0.3 is 6.61 Å². The van der Waals surface area contributed by atoms with E-state index in [2.05, 4.69) is 25.7 Å². The lowest BCUT2D eigenvalue weighted by Gasteiger charge is -2.06. The van der Waals surface area contributed by atoms with Crippen molar-refractivity contribution in [2.24, 2.45) is 0 Å². The molecule has 1 rings (SSSR count). The first kappa shape index (κ1) is 10.7. The van der Waals surface area contributed by atoms with Gasteiger partial charge in [-0.2, -0.15) is 8.78 Å². The van der Waals surface area contributed by atoms with E-state index in [1.54, 1.807) is 6.07 Å². The Morgan fingerprint density at radius 3 is 2.69 bits per heavy atom. The number of hydrogen-bond acceptors (Lipinski definition) is 3. The van der Waals surface area contributed by atoms with Crippen molar-refractivity contribution in [3.8, 4) is 5.75 Å². The molecule has 13 heavy (non-hydrogen) atoms. The number of nitrogens with zero attached hydrogens (tertiary/aromatic N) is 1. The molecule has 6 heteroatoms. The third kappa shape index (κ3) is 3.11. The molecule has 0 spiro atoms. The van der Waals surface area contributed by atoms with Crippen molar-refractivity contribution >= 4 is 27.7 Å². The highest BCUT2D eigenvalue weighted by Gasteiger charge is 2.09. The van der Waals surface area contributed by atoms with Crippen molar-refractivity contribution in [3.05, 3.63) is 16.7 Å². The third-order valence-corrected chi connectivity index (χ3v) is 2.43. The molecule has 0 aromatic carbocycles. The second-order valence-electron chi connectivity index (χ2n) is 2.02. The summed E-state index contributed by atoms with van der Waals surface area (Å²) in [5.74, 6) is 0.0489. The van der Waals surface area contributed by atoms with Gasteiger partial charge in [0.15, 0.2) is 5.75 Å². The van der Waals surface area contributed by atoms with Crippen LogP contribution in [-0.4, -0.2) is 17.9 Å². The Morgan fingerprint density at radius 1 is 1.54 bits per heavy atom. The van der Waals surface area contributed by atoms with Gasteiger partial charge < -0.3 is 4.74 Å². The molecule has 0 radical (unpaired) electrons. The number of pyridine rings is 1. The molecule has 0 amide bonds. The first-order valence-corrected chi connectivity index (χ1v) is 5.30. The lowest BCUT2D eigenvalue weighted by molar-refractivity contribution is -0.0506. The number of alkyl halides is 2. The summed E-state index contributed by atoms with van der Waals surface area (Å²) >= 11 is 4.46. The minimum atomic E-state index is -2.82. The molecule has 2 nitrogen and oxygen atoms in total. The summed E-state index contributed by atoms with van der Waals surface area (Å²) in [5, 5.41) is 0.744. The van der Waals surface area contributed by atoms with Gasteiger partial charge in [-0.05, 0) is 34.3 Å². The van der Waals surface area contributed by atoms with Crippen LogP contribution in [0.3, 0.4) is 0 Å². The molecule has 0 saturated carbocycles. The standard InChI is InChI=1S/C7H6BrF2NOS/c1-13-5-3-2-4(6(8)11-5)12-7(9)10/h2-3,7H,1H3. The zero-order valence-corrected chi connectivity index (χ0v) is 9.03. The van der Waals surface area contributed by atoms with Crippen molar-refractivity contribution in [1.82, 2.24) is 4.98 Å². The van der Waals surface area contributed by atoms with E-state index in [-0.39, 0.29) is 5.75 Å². The fourth-order valence-electron chi connectivity index (χ4n) is 0.702. The maximum Gasteiger partial charge on any atom is 0.387 e. The third-order valence-electron chi connectivity index (χ3n) is 1.21. The van der Waals surface area contributed by atoms with Gasteiger partial charge in [-0.3, -0.25) is 0 Å². The number of aromatic nitrogens is 1. The van der Waals surface area contributed by atoms with Crippen LogP contribution in [0.25, 0.3) is 0 Å². The van der Waals surface area contributed by atoms with Gasteiger partial charge in [0.2, 0.25) is 0 Å². The smallest absolute Gasteiger partial charge is 0.387 e. The van der Waals surface area contributed by atoms with E-state index < -0.39 is 6.61 Å². The van der Waals surface area contributed by atoms with Gasteiger partial charge in [0.1, 0.15) is 4.60 Å². The predicted octanol–water partition coefficient (Wildman–Crippen LogP) is 3.17. The lowest BCUT2D eigenvalue weighted by atomic mass is 10.5. The van der Waals surface area contributed by atoms with Crippen molar-refractivity contribution in [3.63, 3.8) is 0 Å². The minimum Gasteiger partial charge on any atom is -0.432 e. The van der Waals surface area contributed by atoms with Crippen LogP contribution in [0.4, 0.5) is 8.78 Å². The van der Waals surface area contributed by atoms with Gasteiger partial charge in [0.25, 0.3) is 0 Å². The second-order valence-corrected chi connectivity index (χ2v) is 3.60. The molecule has 0 N–H and O–H groups in total. The summed E-state index contributed by atoms with van der Waals surface area (Å²) in [7, 11) is 0. The Kier molecular flexibility index (Phi) is 3.92. The zero-order chi connectivity index (χ0) is 9.84. The summed E-state index contributed by atoms with van der Waals surface area (Å²) in [5.41, 5.74) is 0. The van der Waals surface area contributed by atoms with Gasteiger partial charge in [0.05, 0.1) is 5.03 Å². The number of halogens is 3. The first-order chi connectivity index (χ1) is 6.13. The molecule has 0 aliphatic heterocycles. The largest absolute Gasteiger partial charge is 0.432 e. The summed E-state index contributed by atoms with van der Waals surface area (Å²) < 4.78 is 28.1. The summed E-state index contributed by atoms with van der Waals surface area (Å²) in [4.78, 5) is 3.97. The topological polar surface area (TPSA) is 22.1 Å². The molecule has 0 atom stereocenters. The highest BCUT2D eigenvalue weighted by Crippen LogP contribution is 2.26. The maximum atomic E-state index is 11.8. The number of ether oxygens (including phenoxy) is 1. The zero-order valence-electron chi connectivity index (χ0n) is 6.63. The molecule has 0 fully saturated rings. The maximum absolute atomic E-state index is 11.8. The SMILES string of the molecule is CSc1ccc(OC(F)F)c(Br)n1. The Bertz CT molecular complexity index is 298. The molecule has 1 aromatic rings. The molecule has 0 aliphatic rings. The molecule has 1 heterocycles. The Morgan fingerprint density at radius 2 is 2.23 bits per heavy atom. The van der Waals surface area contributed by atoms with Crippen LogP contribution in [0, 0.1) is 0 Å². The highest BCUT2D eigenvalue weighted by atomic mass is 79.9. The molecule has 0 bridgehead atoms. The van der Waals surface area contributed by atoms with Crippen LogP contribution in [0.1, 0.15) is 0 Å². The van der Waals surface area contributed by atoms with Crippen LogP contribution in [0.15, 0.2) is 21.8 Å². The highest BCUT2D eigenvalue weighted by molar-refractivity contribution is 9.10. The van der Waals surface area contributed by atoms with Crippen molar-refractivity contribution in [2.45, 2.75) is 11.6 Å². The van der Waals surface area contributed by atoms with E-state index in [0.717, 1.165) is 5.03 Å². The Balaban J connectivity index is 2.85. The number of rotatable bonds is 3. The summed E-state index contributed by atoms with van der Waals surface area (Å²) in [6.07, 6.45) is 1.85. The van der Waals surface area contributed by atoms with E-state index in [9.17, 15) is 8.78 Å². The molecule has 72 valence electrons. The molecule has 0 aliphatic carbocycles. The van der Waals surface area contributed by atoms with Crippen LogP contribution in [0.5, 0.6) is 5.75 Å². The average Bonchev–Trinajstić information content (AvgIpc) is 2.08.